The molecule has 4 heteroatoms. The van der Waals surface area contributed by atoms with E-state index in [4.69, 9.17) is 0 Å². The van der Waals surface area contributed by atoms with Crippen LogP contribution in [0.3, 0.4) is 0 Å². The molecule has 0 spiro atoms. The number of phenolic OH excluding ortho intramolecular Hbond substituents is 2. The first-order valence-corrected chi connectivity index (χ1v) is 6.03. The largest absolute Gasteiger partial charge is 0.504 e. The summed E-state index contributed by atoms with van der Waals surface area (Å²) in [5.74, 6) is -0.643. The number of rotatable bonds is 1. The molecule has 1 heterocycles. The van der Waals surface area contributed by atoms with Crippen LogP contribution >= 0.6 is 0 Å². The third kappa shape index (κ3) is 2.01. The average molecular weight is 255 g/mol. The Morgan fingerprint density at radius 1 is 0.947 bits per heavy atom. The molecule has 0 atom stereocenters. The van der Waals surface area contributed by atoms with Crippen molar-refractivity contribution in [3.8, 4) is 11.5 Å². The summed E-state index contributed by atoms with van der Waals surface area (Å²) in [6.07, 6.45) is 0. The second kappa shape index (κ2) is 4.31. The minimum atomic E-state index is -0.275. The molecule has 96 valence electrons. The number of amides is 1. The van der Waals surface area contributed by atoms with E-state index in [0.717, 1.165) is 11.1 Å². The van der Waals surface area contributed by atoms with E-state index < -0.39 is 0 Å². The van der Waals surface area contributed by atoms with E-state index >= 15 is 0 Å². The number of hydrogen-bond donors (Lipinski definition) is 2. The van der Waals surface area contributed by atoms with Gasteiger partial charge in [-0.05, 0) is 29.3 Å². The number of nitrogens with zero attached hydrogens (tertiary/aromatic N) is 1. The van der Waals surface area contributed by atoms with Crippen LogP contribution in [0, 0.1) is 0 Å². The van der Waals surface area contributed by atoms with Gasteiger partial charge in [0.05, 0.1) is 0 Å². The summed E-state index contributed by atoms with van der Waals surface area (Å²) in [6, 6.07) is 12.1. The van der Waals surface area contributed by atoms with Gasteiger partial charge < -0.3 is 15.1 Å². The fourth-order valence-electron chi connectivity index (χ4n) is 2.32. The predicted molar refractivity (Wildman–Crippen MR) is 69.8 cm³/mol. The van der Waals surface area contributed by atoms with Gasteiger partial charge in [0.1, 0.15) is 0 Å². The quantitative estimate of drug-likeness (QED) is 0.768. The molecule has 0 saturated carbocycles. The third-order valence-electron chi connectivity index (χ3n) is 3.35. The zero-order valence-electron chi connectivity index (χ0n) is 10.2. The van der Waals surface area contributed by atoms with Crippen molar-refractivity contribution in [2.24, 2.45) is 0 Å². The summed E-state index contributed by atoms with van der Waals surface area (Å²) in [7, 11) is 0. The van der Waals surface area contributed by atoms with Gasteiger partial charge >= 0.3 is 0 Å². The van der Waals surface area contributed by atoms with Gasteiger partial charge in [0.25, 0.3) is 5.91 Å². The van der Waals surface area contributed by atoms with Crippen molar-refractivity contribution in [1.29, 1.82) is 0 Å². The zero-order chi connectivity index (χ0) is 13.4. The van der Waals surface area contributed by atoms with Crippen molar-refractivity contribution in [3.63, 3.8) is 0 Å². The fraction of sp³-hybridized carbons (Fsp3) is 0.133. The van der Waals surface area contributed by atoms with Crippen LogP contribution in [-0.4, -0.2) is 21.0 Å². The molecule has 0 aliphatic carbocycles. The first-order chi connectivity index (χ1) is 9.15. The van der Waals surface area contributed by atoms with E-state index in [1.165, 1.54) is 18.2 Å². The number of carbonyl (C=O) groups excluding carboxylic acids is 1. The monoisotopic (exact) mass is 255 g/mol. The molecule has 3 rings (SSSR count). The van der Waals surface area contributed by atoms with Gasteiger partial charge in [0, 0.05) is 18.7 Å². The SMILES string of the molecule is O=C(c1ccc(O)c(O)c1)N1Cc2ccccc2C1. The van der Waals surface area contributed by atoms with Crippen LogP contribution in [0.15, 0.2) is 42.5 Å². The number of fused-ring (bicyclic) bond motifs is 1. The maximum absolute atomic E-state index is 12.3. The predicted octanol–water partition coefficient (Wildman–Crippen LogP) is 2.25. The lowest BCUT2D eigenvalue weighted by Crippen LogP contribution is -2.25. The molecule has 0 radical (unpaired) electrons. The maximum Gasteiger partial charge on any atom is 0.254 e. The molecule has 19 heavy (non-hydrogen) atoms. The molecule has 2 aromatic carbocycles. The summed E-state index contributed by atoms with van der Waals surface area (Å²) in [5.41, 5.74) is 2.68. The summed E-state index contributed by atoms with van der Waals surface area (Å²) in [5, 5.41) is 18.7. The Labute approximate surface area is 110 Å². The van der Waals surface area contributed by atoms with Crippen molar-refractivity contribution in [2.75, 3.05) is 0 Å². The molecule has 2 aromatic rings. The minimum Gasteiger partial charge on any atom is -0.504 e. The Balaban J connectivity index is 1.85. The maximum atomic E-state index is 12.3. The minimum absolute atomic E-state index is 0.147. The van der Waals surface area contributed by atoms with Crippen LogP contribution in [0.2, 0.25) is 0 Å². The first-order valence-electron chi connectivity index (χ1n) is 6.03. The third-order valence-corrected chi connectivity index (χ3v) is 3.35. The van der Waals surface area contributed by atoms with E-state index in [2.05, 4.69) is 0 Å². The Morgan fingerprint density at radius 2 is 1.58 bits per heavy atom. The highest BCUT2D eigenvalue weighted by atomic mass is 16.3. The number of hydrogen-bond acceptors (Lipinski definition) is 3. The van der Waals surface area contributed by atoms with Crippen LogP contribution in [0.5, 0.6) is 11.5 Å². The molecule has 0 saturated heterocycles. The molecule has 1 aliphatic rings. The highest BCUT2D eigenvalue weighted by Crippen LogP contribution is 2.28. The standard InChI is InChI=1S/C15H13NO3/c17-13-6-5-10(7-14(13)18)15(19)16-8-11-3-1-2-4-12(11)9-16/h1-7,17-18H,8-9H2. The summed E-state index contributed by atoms with van der Waals surface area (Å²) in [6.45, 7) is 1.16. The molecule has 2 N–H and O–H groups in total. The summed E-state index contributed by atoms with van der Waals surface area (Å²) in [4.78, 5) is 14.0. The summed E-state index contributed by atoms with van der Waals surface area (Å²) < 4.78 is 0. The normalized spacial score (nSPS) is 13.4. The molecular formula is C15H13NO3. The fourth-order valence-corrected chi connectivity index (χ4v) is 2.32. The molecule has 1 aliphatic heterocycles. The van der Waals surface area contributed by atoms with E-state index in [9.17, 15) is 15.0 Å². The molecule has 0 aromatic heterocycles. The zero-order valence-corrected chi connectivity index (χ0v) is 10.2. The van der Waals surface area contributed by atoms with Crippen LogP contribution in [0.4, 0.5) is 0 Å². The van der Waals surface area contributed by atoms with Crippen molar-refractivity contribution in [1.82, 2.24) is 4.90 Å². The van der Waals surface area contributed by atoms with E-state index in [-0.39, 0.29) is 17.4 Å². The Morgan fingerprint density at radius 3 is 2.16 bits per heavy atom. The lowest BCUT2D eigenvalue weighted by Gasteiger charge is -2.15. The second-order valence-electron chi connectivity index (χ2n) is 4.63. The van der Waals surface area contributed by atoms with Gasteiger partial charge in [-0.2, -0.15) is 0 Å². The molecule has 1 amide bonds. The molecule has 0 bridgehead atoms. The number of benzene rings is 2. The Bertz CT molecular complexity index is 627. The van der Waals surface area contributed by atoms with Gasteiger partial charge in [0.2, 0.25) is 0 Å². The number of carbonyl (C=O) groups is 1. The highest BCUT2D eigenvalue weighted by molar-refractivity contribution is 5.95. The second-order valence-corrected chi connectivity index (χ2v) is 4.63. The van der Waals surface area contributed by atoms with Crippen LogP contribution in [0.25, 0.3) is 0 Å². The van der Waals surface area contributed by atoms with Crippen molar-refractivity contribution < 1.29 is 15.0 Å². The van der Waals surface area contributed by atoms with E-state index in [0.29, 0.717) is 18.7 Å². The van der Waals surface area contributed by atoms with Gasteiger partial charge in [-0.15, -0.1) is 0 Å². The average Bonchev–Trinajstić information content (AvgIpc) is 2.85. The van der Waals surface area contributed by atoms with E-state index in [1.807, 2.05) is 24.3 Å². The van der Waals surface area contributed by atoms with Crippen molar-refractivity contribution in [2.45, 2.75) is 13.1 Å². The lowest BCUT2D eigenvalue weighted by molar-refractivity contribution is 0.0751. The number of phenols is 2. The van der Waals surface area contributed by atoms with Gasteiger partial charge in [0.15, 0.2) is 11.5 Å². The highest BCUT2D eigenvalue weighted by Gasteiger charge is 2.24. The topological polar surface area (TPSA) is 60.8 Å². The first kappa shape index (κ1) is 11.6. The summed E-state index contributed by atoms with van der Waals surface area (Å²) >= 11 is 0. The molecule has 0 fully saturated rings. The molecular weight excluding hydrogens is 242 g/mol. The van der Waals surface area contributed by atoms with Crippen molar-refractivity contribution >= 4 is 5.91 Å². The molecule has 0 unspecified atom stereocenters. The Kier molecular flexibility index (Phi) is 2.63. The van der Waals surface area contributed by atoms with E-state index in [1.54, 1.807) is 4.90 Å². The lowest BCUT2D eigenvalue weighted by atomic mass is 10.1. The Hall–Kier alpha value is -2.49. The smallest absolute Gasteiger partial charge is 0.254 e. The van der Waals surface area contributed by atoms with Crippen LogP contribution in [0.1, 0.15) is 21.5 Å². The van der Waals surface area contributed by atoms with Gasteiger partial charge in [-0.1, -0.05) is 24.3 Å². The number of aromatic hydroxyl groups is 2. The molecule has 4 nitrogen and oxygen atoms in total. The van der Waals surface area contributed by atoms with Gasteiger partial charge in [-0.3, -0.25) is 4.79 Å². The van der Waals surface area contributed by atoms with Crippen LogP contribution < -0.4 is 0 Å². The van der Waals surface area contributed by atoms with Crippen molar-refractivity contribution in [3.05, 3.63) is 59.2 Å². The van der Waals surface area contributed by atoms with Gasteiger partial charge in [-0.25, -0.2) is 0 Å². The van der Waals surface area contributed by atoms with Crippen LogP contribution in [-0.2, 0) is 13.1 Å².